The topological polar surface area (TPSA) is 72.8 Å². The Hall–Kier alpha value is -1.10. The summed E-state index contributed by atoms with van der Waals surface area (Å²) in [4.78, 5) is 24.3. The summed E-state index contributed by atoms with van der Waals surface area (Å²) < 4.78 is 10.6. The van der Waals surface area contributed by atoms with Gasteiger partial charge in [-0.15, -0.1) is 0 Å². The molecule has 5 heteroatoms. The Morgan fingerprint density at radius 1 is 0.435 bits per heavy atom. The van der Waals surface area contributed by atoms with E-state index in [-0.39, 0.29) is 25.2 Å². The van der Waals surface area contributed by atoms with Gasteiger partial charge in [0.1, 0.15) is 6.61 Å². The monoisotopic (exact) mass is 653 g/mol. The van der Waals surface area contributed by atoms with E-state index in [0.29, 0.717) is 12.8 Å². The molecule has 0 saturated carbocycles. The minimum absolute atomic E-state index is 0.0584. The zero-order chi connectivity index (χ0) is 33.9. The highest BCUT2D eigenvalue weighted by Crippen LogP contribution is 2.16. The van der Waals surface area contributed by atoms with Crippen molar-refractivity contribution >= 4 is 11.9 Å². The average Bonchev–Trinajstić information content (AvgIpc) is 3.02. The molecule has 0 aromatic rings. The van der Waals surface area contributed by atoms with Crippen LogP contribution in [-0.2, 0) is 19.1 Å². The molecule has 0 heterocycles. The standard InChI is InChI=1S/C41H80O5/c1-37(2)31-27-23-19-15-11-7-5-6-8-14-18-22-26-30-34-41(44)46-39(35-42)36-45-40(43)33-29-25-21-17-13-10-9-12-16-20-24-28-32-38(3)4/h37-39,42H,5-36H2,1-4H3/t39-/m0/s1. The summed E-state index contributed by atoms with van der Waals surface area (Å²) >= 11 is 0. The first-order chi connectivity index (χ1) is 22.3. The minimum atomic E-state index is -0.763. The van der Waals surface area contributed by atoms with Crippen LogP contribution in [0.3, 0.4) is 0 Å². The molecule has 0 saturated heterocycles. The molecule has 0 aliphatic carbocycles. The molecule has 0 aromatic carbocycles. The van der Waals surface area contributed by atoms with E-state index < -0.39 is 6.10 Å². The number of unbranched alkanes of at least 4 members (excludes halogenated alkanes) is 24. The molecule has 0 aliphatic heterocycles. The molecule has 0 unspecified atom stereocenters. The molecule has 0 radical (unpaired) electrons. The maximum Gasteiger partial charge on any atom is 0.306 e. The van der Waals surface area contributed by atoms with Crippen molar-refractivity contribution in [3.63, 3.8) is 0 Å². The molecule has 1 N–H and O–H groups in total. The van der Waals surface area contributed by atoms with E-state index in [4.69, 9.17) is 9.47 Å². The molecule has 274 valence electrons. The zero-order valence-corrected chi connectivity index (χ0v) is 31.4. The van der Waals surface area contributed by atoms with Crippen molar-refractivity contribution in [2.75, 3.05) is 13.2 Å². The van der Waals surface area contributed by atoms with Gasteiger partial charge in [-0.3, -0.25) is 9.59 Å². The number of aliphatic hydroxyl groups is 1. The summed E-state index contributed by atoms with van der Waals surface area (Å²) in [6, 6.07) is 0. The summed E-state index contributed by atoms with van der Waals surface area (Å²) in [5.74, 6) is 1.11. The molecule has 0 bridgehead atoms. The zero-order valence-electron chi connectivity index (χ0n) is 31.4. The molecule has 1 atom stereocenters. The van der Waals surface area contributed by atoms with Gasteiger partial charge in [-0.1, -0.05) is 195 Å². The molecule has 0 amide bonds. The van der Waals surface area contributed by atoms with E-state index in [2.05, 4.69) is 27.7 Å². The molecule has 0 fully saturated rings. The van der Waals surface area contributed by atoms with Crippen molar-refractivity contribution in [2.45, 2.75) is 226 Å². The summed E-state index contributed by atoms with van der Waals surface area (Å²) in [6.07, 6.45) is 35.9. The van der Waals surface area contributed by atoms with Crippen molar-refractivity contribution in [2.24, 2.45) is 11.8 Å². The highest BCUT2D eigenvalue weighted by atomic mass is 16.6. The normalized spacial score (nSPS) is 12.2. The van der Waals surface area contributed by atoms with Gasteiger partial charge in [0.2, 0.25) is 0 Å². The number of hydrogen-bond donors (Lipinski definition) is 1. The van der Waals surface area contributed by atoms with Gasteiger partial charge in [0.25, 0.3) is 0 Å². The second kappa shape index (κ2) is 35.2. The third-order valence-corrected chi connectivity index (χ3v) is 9.26. The summed E-state index contributed by atoms with van der Waals surface area (Å²) in [6.45, 7) is 8.87. The molecule has 5 nitrogen and oxygen atoms in total. The number of carbonyl (C=O) groups is 2. The second-order valence-corrected chi connectivity index (χ2v) is 15.0. The number of aliphatic hydroxyl groups excluding tert-OH is 1. The van der Waals surface area contributed by atoms with Crippen LogP contribution in [0.4, 0.5) is 0 Å². The maximum absolute atomic E-state index is 12.2. The van der Waals surface area contributed by atoms with Crippen LogP contribution in [-0.4, -0.2) is 36.4 Å². The fourth-order valence-corrected chi connectivity index (χ4v) is 6.16. The van der Waals surface area contributed by atoms with Crippen LogP contribution in [0.25, 0.3) is 0 Å². The average molecular weight is 653 g/mol. The fraction of sp³-hybridized carbons (Fsp3) is 0.951. The van der Waals surface area contributed by atoms with Crippen LogP contribution in [0.15, 0.2) is 0 Å². The lowest BCUT2D eigenvalue weighted by atomic mass is 10.0. The molecule has 0 rings (SSSR count). The van der Waals surface area contributed by atoms with E-state index in [1.807, 2.05) is 0 Å². The van der Waals surface area contributed by atoms with Crippen LogP contribution in [0, 0.1) is 11.8 Å². The van der Waals surface area contributed by atoms with Gasteiger partial charge < -0.3 is 14.6 Å². The summed E-state index contributed by atoms with van der Waals surface area (Å²) in [5.41, 5.74) is 0. The number of esters is 2. The first-order valence-electron chi connectivity index (χ1n) is 20.3. The van der Waals surface area contributed by atoms with Gasteiger partial charge in [-0.05, 0) is 24.7 Å². The van der Waals surface area contributed by atoms with Crippen LogP contribution in [0.1, 0.15) is 220 Å². The third kappa shape index (κ3) is 35.7. The second-order valence-electron chi connectivity index (χ2n) is 15.0. The minimum Gasteiger partial charge on any atom is -0.462 e. The van der Waals surface area contributed by atoms with Crippen molar-refractivity contribution in [3.05, 3.63) is 0 Å². The number of hydrogen-bond acceptors (Lipinski definition) is 5. The van der Waals surface area contributed by atoms with Gasteiger partial charge in [0.15, 0.2) is 6.10 Å². The van der Waals surface area contributed by atoms with E-state index in [1.54, 1.807) is 0 Å². The van der Waals surface area contributed by atoms with Crippen molar-refractivity contribution < 1.29 is 24.2 Å². The number of ether oxygens (including phenoxy) is 2. The van der Waals surface area contributed by atoms with Gasteiger partial charge in [0.05, 0.1) is 6.61 Å². The van der Waals surface area contributed by atoms with Crippen LogP contribution < -0.4 is 0 Å². The smallest absolute Gasteiger partial charge is 0.306 e. The maximum atomic E-state index is 12.2. The third-order valence-electron chi connectivity index (χ3n) is 9.26. The largest absolute Gasteiger partial charge is 0.462 e. The molecular weight excluding hydrogens is 572 g/mol. The Bertz CT molecular complexity index is 647. The van der Waals surface area contributed by atoms with Crippen molar-refractivity contribution in [1.29, 1.82) is 0 Å². The molecule has 46 heavy (non-hydrogen) atoms. The SMILES string of the molecule is CC(C)CCCCCCCCCCCCCCCCC(=O)O[C@@H](CO)COC(=O)CCCCCCCCCCCCCCC(C)C. The van der Waals surface area contributed by atoms with E-state index in [0.717, 1.165) is 50.4 Å². The van der Waals surface area contributed by atoms with Gasteiger partial charge in [-0.25, -0.2) is 0 Å². The van der Waals surface area contributed by atoms with E-state index >= 15 is 0 Å². The predicted octanol–water partition coefficient (Wildman–Crippen LogP) is 12.4. The first kappa shape index (κ1) is 44.9. The van der Waals surface area contributed by atoms with Crippen LogP contribution in [0.2, 0.25) is 0 Å². The Kier molecular flexibility index (Phi) is 34.4. The Balaban J connectivity index is 3.49. The van der Waals surface area contributed by atoms with E-state index in [1.165, 1.54) is 141 Å². The van der Waals surface area contributed by atoms with Crippen molar-refractivity contribution in [1.82, 2.24) is 0 Å². The first-order valence-corrected chi connectivity index (χ1v) is 20.3. The number of carbonyl (C=O) groups excluding carboxylic acids is 2. The fourth-order valence-electron chi connectivity index (χ4n) is 6.16. The summed E-state index contributed by atoms with van der Waals surface area (Å²) in [5, 5.41) is 9.56. The van der Waals surface area contributed by atoms with Gasteiger partial charge in [0, 0.05) is 12.8 Å². The van der Waals surface area contributed by atoms with Crippen molar-refractivity contribution in [3.8, 4) is 0 Å². The van der Waals surface area contributed by atoms with Crippen LogP contribution >= 0.6 is 0 Å². The predicted molar refractivity (Wildman–Crippen MR) is 196 cm³/mol. The Labute approximate surface area is 287 Å². The van der Waals surface area contributed by atoms with E-state index in [9.17, 15) is 14.7 Å². The molecule has 0 aliphatic rings. The molecule has 0 aromatic heterocycles. The lowest BCUT2D eigenvalue weighted by molar-refractivity contribution is -0.161. The van der Waals surface area contributed by atoms with Gasteiger partial charge >= 0.3 is 11.9 Å². The van der Waals surface area contributed by atoms with Gasteiger partial charge in [-0.2, -0.15) is 0 Å². The quantitative estimate of drug-likeness (QED) is 0.0538. The molecule has 0 spiro atoms. The molecular formula is C41H80O5. The highest BCUT2D eigenvalue weighted by molar-refractivity contribution is 5.70. The number of rotatable bonds is 36. The lowest BCUT2D eigenvalue weighted by Gasteiger charge is -2.15. The Morgan fingerprint density at radius 2 is 0.717 bits per heavy atom. The highest BCUT2D eigenvalue weighted by Gasteiger charge is 2.16. The summed E-state index contributed by atoms with van der Waals surface area (Å²) in [7, 11) is 0. The van der Waals surface area contributed by atoms with Crippen LogP contribution in [0.5, 0.6) is 0 Å². The Morgan fingerprint density at radius 3 is 1.02 bits per heavy atom. The lowest BCUT2D eigenvalue weighted by Crippen LogP contribution is -2.28.